The van der Waals surface area contributed by atoms with Crippen LogP contribution in [0.2, 0.25) is 0 Å². The van der Waals surface area contributed by atoms with Crippen LogP contribution < -0.4 is 10.2 Å². The van der Waals surface area contributed by atoms with E-state index in [0.717, 1.165) is 55.4 Å². The van der Waals surface area contributed by atoms with Crippen molar-refractivity contribution in [1.29, 1.82) is 0 Å². The van der Waals surface area contributed by atoms with Gasteiger partial charge in [0, 0.05) is 44.0 Å². The molecule has 1 aromatic carbocycles. The van der Waals surface area contributed by atoms with E-state index in [0.29, 0.717) is 13.1 Å². The largest absolute Gasteiger partial charge is 0.341 e. The fourth-order valence-electron chi connectivity index (χ4n) is 4.06. The van der Waals surface area contributed by atoms with Gasteiger partial charge in [-0.3, -0.25) is 0 Å². The van der Waals surface area contributed by atoms with Gasteiger partial charge in [-0.05, 0) is 55.9 Å². The molecule has 1 aromatic heterocycles. The molecule has 0 bridgehead atoms. The minimum atomic E-state index is -0.0394. The highest BCUT2D eigenvalue weighted by Crippen LogP contribution is 2.23. The number of hydrogen-bond donors (Lipinski definition) is 1. The lowest BCUT2D eigenvalue weighted by molar-refractivity contribution is 0.214. The van der Waals surface area contributed by atoms with Crippen LogP contribution in [0.3, 0.4) is 0 Å². The molecule has 28 heavy (non-hydrogen) atoms. The Hall–Kier alpha value is -2.63. The van der Waals surface area contributed by atoms with Gasteiger partial charge in [-0.2, -0.15) is 0 Å². The van der Waals surface area contributed by atoms with Crippen LogP contribution in [-0.2, 0) is 19.3 Å². The summed E-state index contributed by atoms with van der Waals surface area (Å²) < 4.78 is 0. The number of hydrogen-bond acceptors (Lipinski definition) is 4. The van der Waals surface area contributed by atoms with Gasteiger partial charge < -0.3 is 15.1 Å². The van der Waals surface area contributed by atoms with E-state index in [-0.39, 0.29) is 6.03 Å². The minimum Gasteiger partial charge on any atom is -0.341 e. The predicted molar refractivity (Wildman–Crippen MR) is 112 cm³/mol. The Balaban J connectivity index is 1.44. The monoisotopic (exact) mass is 379 g/mol. The van der Waals surface area contributed by atoms with Gasteiger partial charge in [0.05, 0.1) is 5.69 Å². The topological polar surface area (TPSA) is 61.4 Å². The van der Waals surface area contributed by atoms with Gasteiger partial charge in [0.2, 0.25) is 5.95 Å². The summed E-state index contributed by atoms with van der Waals surface area (Å²) in [5, 5.41) is 3.03. The maximum Gasteiger partial charge on any atom is 0.321 e. The highest BCUT2D eigenvalue weighted by atomic mass is 16.2. The number of nitrogens with one attached hydrogen (secondary N) is 1. The molecular formula is C22H29N5O. The lowest BCUT2D eigenvalue weighted by Gasteiger charge is -2.20. The van der Waals surface area contributed by atoms with Crippen molar-refractivity contribution in [3.8, 4) is 0 Å². The summed E-state index contributed by atoms with van der Waals surface area (Å²) in [6, 6.07) is 8.03. The first-order valence-corrected chi connectivity index (χ1v) is 10.4. The van der Waals surface area contributed by atoms with Crippen molar-refractivity contribution in [2.45, 2.75) is 46.0 Å². The summed E-state index contributed by atoms with van der Waals surface area (Å²) in [6.45, 7) is 7.67. The molecule has 2 aliphatic rings. The zero-order chi connectivity index (χ0) is 19.5. The van der Waals surface area contributed by atoms with E-state index in [1.54, 1.807) is 0 Å². The van der Waals surface area contributed by atoms with Crippen LogP contribution >= 0.6 is 0 Å². The van der Waals surface area contributed by atoms with E-state index in [4.69, 9.17) is 9.97 Å². The van der Waals surface area contributed by atoms with E-state index in [9.17, 15) is 4.79 Å². The number of rotatable bonds is 3. The molecule has 0 saturated carbocycles. The molecule has 0 spiro atoms. The van der Waals surface area contributed by atoms with Gasteiger partial charge in [-0.15, -0.1) is 0 Å². The predicted octanol–water partition coefficient (Wildman–Crippen LogP) is 3.58. The summed E-state index contributed by atoms with van der Waals surface area (Å²) in [5.41, 5.74) is 5.49. The number of carbonyl (C=O) groups is 1. The highest BCUT2D eigenvalue weighted by molar-refractivity contribution is 5.89. The molecule has 0 radical (unpaired) electrons. The molecule has 2 aromatic rings. The Bertz CT molecular complexity index is 843. The van der Waals surface area contributed by atoms with E-state index in [1.165, 1.54) is 24.0 Å². The van der Waals surface area contributed by atoms with Crippen LogP contribution in [0.25, 0.3) is 0 Å². The van der Waals surface area contributed by atoms with Crippen molar-refractivity contribution in [3.63, 3.8) is 0 Å². The van der Waals surface area contributed by atoms with Gasteiger partial charge in [-0.25, -0.2) is 14.8 Å². The van der Waals surface area contributed by atoms with Crippen LogP contribution in [0.1, 0.15) is 42.3 Å². The first-order chi connectivity index (χ1) is 13.6. The molecular weight excluding hydrogens is 350 g/mol. The molecule has 0 unspecified atom stereocenters. The molecule has 6 nitrogen and oxygen atoms in total. The van der Waals surface area contributed by atoms with Gasteiger partial charge in [0.15, 0.2) is 0 Å². The second kappa shape index (κ2) is 8.17. The smallest absolute Gasteiger partial charge is 0.321 e. The molecule has 0 aliphatic carbocycles. The van der Waals surface area contributed by atoms with Crippen molar-refractivity contribution in [2.24, 2.45) is 0 Å². The van der Waals surface area contributed by atoms with Crippen molar-refractivity contribution < 1.29 is 4.79 Å². The summed E-state index contributed by atoms with van der Waals surface area (Å²) in [4.78, 5) is 26.6. The quantitative estimate of drug-likeness (QED) is 0.885. The second-order valence-corrected chi connectivity index (χ2v) is 7.70. The number of carbonyl (C=O) groups excluding carboxylic acids is 1. The normalized spacial score (nSPS) is 16.6. The van der Waals surface area contributed by atoms with Crippen molar-refractivity contribution >= 4 is 17.7 Å². The third-order valence-corrected chi connectivity index (χ3v) is 5.83. The summed E-state index contributed by atoms with van der Waals surface area (Å²) in [7, 11) is 0. The second-order valence-electron chi connectivity index (χ2n) is 7.70. The molecule has 0 atom stereocenters. The molecule has 1 saturated heterocycles. The number of aryl methyl sites for hydroxylation is 2. The fraction of sp³-hybridized carbons (Fsp3) is 0.500. The Labute approximate surface area is 167 Å². The number of anilines is 2. The van der Waals surface area contributed by atoms with Crippen LogP contribution in [-0.4, -0.2) is 47.1 Å². The number of amides is 2. The number of urea groups is 1. The van der Waals surface area contributed by atoms with E-state index < -0.39 is 0 Å². The zero-order valence-corrected chi connectivity index (χ0v) is 16.9. The average molecular weight is 380 g/mol. The molecule has 2 aliphatic heterocycles. The number of nitrogens with zero attached hydrogens (tertiary/aromatic N) is 4. The van der Waals surface area contributed by atoms with Crippen molar-refractivity contribution in [2.75, 3.05) is 36.4 Å². The zero-order valence-electron chi connectivity index (χ0n) is 16.9. The third-order valence-electron chi connectivity index (χ3n) is 5.83. The van der Waals surface area contributed by atoms with Crippen LogP contribution in [0.4, 0.5) is 16.4 Å². The van der Waals surface area contributed by atoms with Crippen molar-refractivity contribution in [1.82, 2.24) is 14.9 Å². The number of benzene rings is 1. The molecule has 148 valence electrons. The number of fused-ring (bicyclic) bond motifs is 1. The first kappa shape index (κ1) is 18.7. The minimum absolute atomic E-state index is 0.0394. The SMILES string of the molecule is CCc1ccc(NC(=O)N2CCc3nc(N4CCCC4)nc(C)c3CC2)cc1. The Morgan fingerprint density at radius 1 is 1.04 bits per heavy atom. The van der Waals surface area contributed by atoms with Gasteiger partial charge in [0.25, 0.3) is 0 Å². The van der Waals surface area contributed by atoms with E-state index in [2.05, 4.69) is 36.2 Å². The summed E-state index contributed by atoms with van der Waals surface area (Å²) in [6.07, 6.45) is 5.02. The van der Waals surface area contributed by atoms with Crippen LogP contribution in [0.5, 0.6) is 0 Å². The molecule has 1 fully saturated rings. The Morgan fingerprint density at radius 3 is 2.46 bits per heavy atom. The standard InChI is InChI=1S/C22H29N5O/c1-3-17-6-8-18(9-7-17)24-22(28)27-14-10-19-16(2)23-21(25-20(19)11-15-27)26-12-4-5-13-26/h6-9H,3-5,10-15H2,1-2H3,(H,24,28). The lowest BCUT2D eigenvalue weighted by Crippen LogP contribution is -2.36. The Morgan fingerprint density at radius 2 is 1.75 bits per heavy atom. The Kier molecular flexibility index (Phi) is 5.46. The van der Waals surface area contributed by atoms with Crippen LogP contribution in [0.15, 0.2) is 24.3 Å². The van der Waals surface area contributed by atoms with Gasteiger partial charge in [-0.1, -0.05) is 19.1 Å². The summed E-state index contributed by atoms with van der Waals surface area (Å²) >= 11 is 0. The third kappa shape index (κ3) is 3.96. The van der Waals surface area contributed by atoms with Crippen LogP contribution in [0, 0.1) is 6.92 Å². The number of aromatic nitrogens is 2. The average Bonchev–Trinajstić information content (AvgIpc) is 3.15. The maximum atomic E-state index is 12.8. The molecule has 6 heteroatoms. The van der Waals surface area contributed by atoms with Gasteiger partial charge in [0.1, 0.15) is 0 Å². The first-order valence-electron chi connectivity index (χ1n) is 10.4. The fourth-order valence-corrected chi connectivity index (χ4v) is 4.06. The maximum absolute atomic E-state index is 12.8. The van der Waals surface area contributed by atoms with E-state index >= 15 is 0 Å². The molecule has 3 heterocycles. The molecule has 1 N–H and O–H groups in total. The van der Waals surface area contributed by atoms with Gasteiger partial charge >= 0.3 is 6.03 Å². The summed E-state index contributed by atoms with van der Waals surface area (Å²) in [5.74, 6) is 0.864. The molecule has 4 rings (SSSR count). The lowest BCUT2D eigenvalue weighted by atomic mass is 10.1. The van der Waals surface area contributed by atoms with E-state index in [1.807, 2.05) is 17.0 Å². The van der Waals surface area contributed by atoms with Crippen molar-refractivity contribution in [3.05, 3.63) is 46.8 Å². The molecule has 2 amide bonds. The highest BCUT2D eigenvalue weighted by Gasteiger charge is 2.23.